The maximum absolute atomic E-state index is 5.63. The molecular formula is C18H41N3. The van der Waals surface area contributed by atoms with E-state index in [9.17, 15) is 0 Å². The smallest absolute Gasteiger partial charge is 0.00675 e. The van der Waals surface area contributed by atoms with Crippen LogP contribution in [0.1, 0.15) is 90.4 Å². The van der Waals surface area contributed by atoms with Crippen molar-refractivity contribution in [3.63, 3.8) is 0 Å². The monoisotopic (exact) mass is 299 g/mol. The van der Waals surface area contributed by atoms with Crippen LogP contribution in [0.4, 0.5) is 0 Å². The first-order chi connectivity index (χ1) is 10.3. The minimum absolute atomic E-state index is 0.657. The molecule has 0 heterocycles. The van der Waals surface area contributed by atoms with Gasteiger partial charge in [-0.3, -0.25) is 0 Å². The summed E-state index contributed by atoms with van der Waals surface area (Å²) in [6.07, 6.45) is 17.4. The van der Waals surface area contributed by atoms with E-state index in [1.54, 1.807) is 0 Å². The van der Waals surface area contributed by atoms with Crippen molar-refractivity contribution in [3.8, 4) is 0 Å². The Balaban J connectivity index is 3.44. The van der Waals surface area contributed by atoms with E-state index in [0.29, 0.717) is 6.04 Å². The Morgan fingerprint density at radius 2 is 1.19 bits per heavy atom. The van der Waals surface area contributed by atoms with Crippen LogP contribution < -0.4 is 16.8 Å². The van der Waals surface area contributed by atoms with Crippen molar-refractivity contribution in [2.45, 2.75) is 96.4 Å². The van der Waals surface area contributed by atoms with E-state index in [1.807, 2.05) is 0 Å². The standard InChI is InChI=1S/C18H41N3/c1-2-3-4-5-6-7-8-9-10-13-18(14-11-15-19)21-17-12-16-20/h18,21H,2-17,19-20H2,1H3. The predicted molar refractivity (Wildman–Crippen MR) is 95.6 cm³/mol. The topological polar surface area (TPSA) is 64.1 Å². The summed E-state index contributed by atoms with van der Waals surface area (Å²) in [6.45, 7) is 4.94. The lowest BCUT2D eigenvalue weighted by Gasteiger charge is -2.18. The molecule has 1 unspecified atom stereocenters. The molecule has 0 aromatic rings. The molecule has 3 nitrogen and oxygen atoms in total. The molecule has 0 saturated heterocycles. The molecular weight excluding hydrogens is 258 g/mol. The fraction of sp³-hybridized carbons (Fsp3) is 1.00. The molecule has 0 spiro atoms. The summed E-state index contributed by atoms with van der Waals surface area (Å²) in [5.41, 5.74) is 11.2. The van der Waals surface area contributed by atoms with Gasteiger partial charge >= 0.3 is 0 Å². The van der Waals surface area contributed by atoms with Crippen LogP contribution in [0.3, 0.4) is 0 Å². The molecule has 21 heavy (non-hydrogen) atoms. The van der Waals surface area contributed by atoms with Crippen LogP contribution in [0.25, 0.3) is 0 Å². The second kappa shape index (κ2) is 17.9. The highest BCUT2D eigenvalue weighted by Crippen LogP contribution is 2.13. The zero-order valence-electron chi connectivity index (χ0n) is 14.5. The van der Waals surface area contributed by atoms with Crippen LogP contribution in [0, 0.1) is 0 Å². The van der Waals surface area contributed by atoms with Crippen LogP contribution >= 0.6 is 0 Å². The van der Waals surface area contributed by atoms with E-state index in [-0.39, 0.29) is 0 Å². The lowest BCUT2D eigenvalue weighted by molar-refractivity contribution is 0.420. The fourth-order valence-corrected chi connectivity index (χ4v) is 2.82. The Morgan fingerprint density at radius 3 is 1.76 bits per heavy atom. The molecule has 0 aromatic heterocycles. The summed E-state index contributed by atoms with van der Waals surface area (Å²) in [4.78, 5) is 0. The van der Waals surface area contributed by atoms with Crippen LogP contribution in [-0.2, 0) is 0 Å². The molecule has 5 N–H and O–H groups in total. The molecule has 0 bridgehead atoms. The molecule has 0 radical (unpaired) electrons. The third-order valence-corrected chi connectivity index (χ3v) is 4.23. The Bertz CT molecular complexity index is 185. The van der Waals surface area contributed by atoms with Gasteiger partial charge in [-0.1, -0.05) is 64.7 Å². The molecule has 0 aliphatic carbocycles. The van der Waals surface area contributed by atoms with Gasteiger partial charge in [0, 0.05) is 6.04 Å². The molecule has 0 aliphatic heterocycles. The van der Waals surface area contributed by atoms with Crippen LogP contribution in [0.15, 0.2) is 0 Å². The number of nitrogens with two attached hydrogens (primary N) is 2. The number of nitrogens with one attached hydrogen (secondary N) is 1. The highest BCUT2D eigenvalue weighted by Gasteiger charge is 2.06. The van der Waals surface area contributed by atoms with Crippen LogP contribution in [-0.4, -0.2) is 25.7 Å². The number of hydrogen-bond acceptors (Lipinski definition) is 3. The van der Waals surface area contributed by atoms with Crippen molar-refractivity contribution < 1.29 is 0 Å². The highest BCUT2D eigenvalue weighted by atomic mass is 14.9. The molecule has 0 aliphatic rings. The van der Waals surface area contributed by atoms with Gasteiger partial charge < -0.3 is 16.8 Å². The summed E-state index contributed by atoms with van der Waals surface area (Å²) in [7, 11) is 0. The van der Waals surface area contributed by atoms with Gasteiger partial charge in [0.1, 0.15) is 0 Å². The second-order valence-corrected chi connectivity index (χ2v) is 6.34. The van der Waals surface area contributed by atoms with Gasteiger partial charge in [0.05, 0.1) is 0 Å². The van der Waals surface area contributed by atoms with Gasteiger partial charge in [-0.05, 0) is 45.3 Å². The third-order valence-electron chi connectivity index (χ3n) is 4.23. The molecule has 0 rings (SSSR count). The quantitative estimate of drug-likeness (QED) is 0.356. The Kier molecular flexibility index (Phi) is 17.8. The first-order valence-electron chi connectivity index (χ1n) is 9.48. The largest absolute Gasteiger partial charge is 0.330 e. The van der Waals surface area contributed by atoms with Gasteiger partial charge in [0.2, 0.25) is 0 Å². The third kappa shape index (κ3) is 16.1. The van der Waals surface area contributed by atoms with E-state index in [1.165, 1.54) is 70.6 Å². The Labute approximate surface area is 133 Å². The molecule has 0 amide bonds. The highest BCUT2D eigenvalue weighted by molar-refractivity contribution is 4.67. The van der Waals surface area contributed by atoms with Crippen LogP contribution in [0.5, 0.6) is 0 Å². The first kappa shape index (κ1) is 20.9. The summed E-state index contributed by atoms with van der Waals surface area (Å²) >= 11 is 0. The molecule has 128 valence electrons. The van der Waals surface area contributed by atoms with Gasteiger partial charge in [0.25, 0.3) is 0 Å². The summed E-state index contributed by atoms with van der Waals surface area (Å²) in [5, 5.41) is 3.65. The summed E-state index contributed by atoms with van der Waals surface area (Å²) in [6, 6.07) is 0.657. The van der Waals surface area contributed by atoms with Crippen molar-refractivity contribution in [3.05, 3.63) is 0 Å². The van der Waals surface area contributed by atoms with Gasteiger partial charge in [-0.2, -0.15) is 0 Å². The SMILES string of the molecule is CCCCCCCCCCCC(CCCN)NCCCN. The first-order valence-corrected chi connectivity index (χ1v) is 9.48. The minimum atomic E-state index is 0.657. The second-order valence-electron chi connectivity index (χ2n) is 6.34. The van der Waals surface area contributed by atoms with Crippen molar-refractivity contribution in [1.29, 1.82) is 0 Å². The molecule has 0 fully saturated rings. The molecule has 0 aromatic carbocycles. The van der Waals surface area contributed by atoms with E-state index in [2.05, 4.69) is 12.2 Å². The van der Waals surface area contributed by atoms with E-state index in [0.717, 1.165) is 32.5 Å². The van der Waals surface area contributed by atoms with Crippen molar-refractivity contribution in [2.24, 2.45) is 11.5 Å². The molecule has 0 saturated carbocycles. The lowest BCUT2D eigenvalue weighted by atomic mass is 10.0. The zero-order chi connectivity index (χ0) is 15.6. The molecule has 1 atom stereocenters. The Hall–Kier alpha value is -0.120. The number of unbranched alkanes of at least 4 members (excludes halogenated alkanes) is 8. The van der Waals surface area contributed by atoms with Crippen molar-refractivity contribution in [2.75, 3.05) is 19.6 Å². The van der Waals surface area contributed by atoms with Gasteiger partial charge in [-0.25, -0.2) is 0 Å². The van der Waals surface area contributed by atoms with Gasteiger partial charge in [0.15, 0.2) is 0 Å². The van der Waals surface area contributed by atoms with Crippen LogP contribution in [0.2, 0.25) is 0 Å². The fourth-order valence-electron chi connectivity index (χ4n) is 2.82. The van der Waals surface area contributed by atoms with Crippen molar-refractivity contribution >= 4 is 0 Å². The Morgan fingerprint density at radius 1 is 0.667 bits per heavy atom. The minimum Gasteiger partial charge on any atom is -0.330 e. The summed E-state index contributed by atoms with van der Waals surface area (Å²) < 4.78 is 0. The predicted octanol–water partition coefficient (Wildman–Crippen LogP) is 3.95. The average molecular weight is 300 g/mol. The lowest BCUT2D eigenvalue weighted by Crippen LogP contribution is -2.31. The maximum atomic E-state index is 5.63. The van der Waals surface area contributed by atoms with Gasteiger partial charge in [-0.15, -0.1) is 0 Å². The summed E-state index contributed by atoms with van der Waals surface area (Å²) in [5.74, 6) is 0. The number of hydrogen-bond donors (Lipinski definition) is 3. The average Bonchev–Trinajstić information content (AvgIpc) is 2.50. The number of rotatable bonds is 17. The normalized spacial score (nSPS) is 12.7. The maximum Gasteiger partial charge on any atom is 0.00675 e. The van der Waals surface area contributed by atoms with E-state index >= 15 is 0 Å². The van der Waals surface area contributed by atoms with E-state index in [4.69, 9.17) is 11.5 Å². The zero-order valence-corrected chi connectivity index (χ0v) is 14.5. The molecule has 3 heteroatoms. The van der Waals surface area contributed by atoms with E-state index < -0.39 is 0 Å². The van der Waals surface area contributed by atoms with Crippen molar-refractivity contribution in [1.82, 2.24) is 5.32 Å².